The fraction of sp³-hybridized carbons (Fsp3) is 1.00. The van der Waals surface area contributed by atoms with Gasteiger partial charge in [-0.2, -0.15) is 0 Å². The Hall–Kier alpha value is -0.180. The van der Waals surface area contributed by atoms with Crippen LogP contribution in [0.15, 0.2) is 0 Å². The maximum atomic E-state index is 11.0. The van der Waals surface area contributed by atoms with Crippen LogP contribution in [-0.2, 0) is 19.9 Å². The lowest BCUT2D eigenvalue weighted by atomic mass is 10.7. The lowest BCUT2D eigenvalue weighted by Gasteiger charge is -2.03. The molecule has 14 heavy (non-hydrogen) atoms. The zero-order valence-corrected chi connectivity index (χ0v) is 9.70. The summed E-state index contributed by atoms with van der Waals surface area (Å²) in [6.07, 6.45) is 0. The van der Waals surface area contributed by atoms with Gasteiger partial charge in [0, 0.05) is 18.8 Å². The van der Waals surface area contributed by atoms with E-state index in [1.807, 2.05) is 0 Å². The summed E-state index contributed by atoms with van der Waals surface area (Å²) >= 11 is 0. The van der Waals surface area contributed by atoms with Crippen LogP contribution in [0, 0.1) is 0 Å². The highest BCUT2D eigenvalue weighted by Gasteiger charge is 2.06. The van der Waals surface area contributed by atoms with Crippen molar-refractivity contribution in [3.8, 4) is 0 Å². The van der Waals surface area contributed by atoms with E-state index in [0.29, 0.717) is 0 Å². The summed E-state index contributed by atoms with van der Waals surface area (Å²) in [6, 6.07) is 0. The van der Waals surface area contributed by atoms with Crippen LogP contribution in [0.2, 0.25) is 0 Å². The zero-order chi connectivity index (χ0) is 11.2. The smallest absolute Gasteiger partial charge is 0.210 e. The van der Waals surface area contributed by atoms with Crippen LogP contribution in [-0.4, -0.2) is 47.2 Å². The second-order valence-electron chi connectivity index (χ2n) is 2.85. The number of hydrogen-bond acceptors (Lipinski definition) is 5. The van der Waals surface area contributed by atoms with Crippen LogP contribution in [0.25, 0.3) is 0 Å². The molecule has 0 radical (unpaired) electrons. The summed E-state index contributed by atoms with van der Waals surface area (Å²) in [7, 11) is -6.44. The molecule has 0 bridgehead atoms. The maximum Gasteiger partial charge on any atom is 0.210 e. The van der Waals surface area contributed by atoms with Crippen molar-refractivity contribution in [2.24, 2.45) is 5.14 Å². The first-order valence-electron chi connectivity index (χ1n) is 4.18. The summed E-state index contributed by atoms with van der Waals surface area (Å²) in [4.78, 5) is 0. The Morgan fingerprint density at radius 3 is 2.00 bits per heavy atom. The monoisotopic (exact) mass is 244 g/mol. The molecule has 0 aliphatic heterocycles. The minimum atomic E-state index is -3.46. The van der Waals surface area contributed by atoms with Gasteiger partial charge in [0.05, 0.1) is 11.5 Å². The molecule has 0 unspecified atom stereocenters. The average molecular weight is 244 g/mol. The molecule has 0 aliphatic rings. The maximum absolute atomic E-state index is 11.0. The lowest BCUT2D eigenvalue weighted by Crippen LogP contribution is -2.30. The van der Waals surface area contributed by atoms with Crippen molar-refractivity contribution >= 4 is 19.9 Å². The molecule has 0 saturated carbocycles. The van der Waals surface area contributed by atoms with E-state index in [1.54, 1.807) is 6.92 Å². The van der Waals surface area contributed by atoms with Crippen LogP contribution in [0.4, 0.5) is 0 Å². The number of sulfone groups is 1. The molecule has 0 heterocycles. The second kappa shape index (κ2) is 5.64. The molecule has 0 aromatic heterocycles. The average Bonchev–Trinajstić information content (AvgIpc) is 2.01. The molecule has 0 aromatic carbocycles. The molecular weight excluding hydrogens is 228 g/mol. The standard InChI is InChI=1S/C6H16N2O4S2/c1-2-13(9,10)5-3-8-4-6-14(7,11)12/h8H,2-6H2,1H3,(H2,7,11,12). The van der Waals surface area contributed by atoms with E-state index in [4.69, 9.17) is 5.14 Å². The van der Waals surface area contributed by atoms with Crippen molar-refractivity contribution in [2.75, 3.05) is 30.3 Å². The van der Waals surface area contributed by atoms with Crippen molar-refractivity contribution in [3.05, 3.63) is 0 Å². The molecule has 0 fully saturated rings. The van der Waals surface area contributed by atoms with Crippen LogP contribution in [0.3, 0.4) is 0 Å². The number of sulfonamides is 1. The summed E-state index contributed by atoms with van der Waals surface area (Å²) < 4.78 is 42.9. The predicted octanol–water partition coefficient (Wildman–Crippen LogP) is -1.70. The first-order valence-corrected chi connectivity index (χ1v) is 7.72. The molecule has 0 spiro atoms. The van der Waals surface area contributed by atoms with Gasteiger partial charge in [0.1, 0.15) is 0 Å². The topological polar surface area (TPSA) is 106 Å². The van der Waals surface area contributed by atoms with Gasteiger partial charge < -0.3 is 5.32 Å². The molecule has 86 valence electrons. The minimum absolute atomic E-state index is 0.0219. The van der Waals surface area contributed by atoms with Crippen molar-refractivity contribution < 1.29 is 16.8 Å². The Bertz CT molecular complexity index is 346. The number of primary sulfonamides is 1. The minimum Gasteiger partial charge on any atom is -0.315 e. The van der Waals surface area contributed by atoms with E-state index in [9.17, 15) is 16.8 Å². The van der Waals surface area contributed by atoms with Gasteiger partial charge in [0.15, 0.2) is 9.84 Å². The second-order valence-corrected chi connectivity index (χ2v) is 7.06. The van der Waals surface area contributed by atoms with Gasteiger partial charge in [-0.25, -0.2) is 22.0 Å². The lowest BCUT2D eigenvalue weighted by molar-refractivity contribution is 0.590. The Morgan fingerprint density at radius 2 is 1.57 bits per heavy atom. The quantitative estimate of drug-likeness (QED) is 0.519. The molecule has 0 atom stereocenters. The zero-order valence-electron chi connectivity index (χ0n) is 8.06. The number of hydrogen-bond donors (Lipinski definition) is 2. The highest BCUT2D eigenvalue weighted by molar-refractivity contribution is 7.91. The number of nitrogens with one attached hydrogen (secondary N) is 1. The summed E-state index contributed by atoms with van der Waals surface area (Å²) in [5.41, 5.74) is 0. The van der Waals surface area contributed by atoms with Gasteiger partial charge in [0.2, 0.25) is 10.0 Å². The van der Waals surface area contributed by atoms with E-state index < -0.39 is 19.9 Å². The highest BCUT2D eigenvalue weighted by atomic mass is 32.2. The molecule has 0 rings (SSSR count). The molecule has 0 aliphatic carbocycles. The van der Waals surface area contributed by atoms with Crippen LogP contribution < -0.4 is 10.5 Å². The summed E-state index contributed by atoms with van der Waals surface area (Å²) in [5.74, 6) is -0.0584. The van der Waals surface area contributed by atoms with Gasteiger partial charge in [-0.15, -0.1) is 0 Å². The fourth-order valence-corrected chi connectivity index (χ4v) is 1.88. The van der Waals surface area contributed by atoms with Crippen LogP contribution in [0.5, 0.6) is 0 Å². The van der Waals surface area contributed by atoms with Crippen LogP contribution >= 0.6 is 0 Å². The third kappa shape index (κ3) is 8.42. The first kappa shape index (κ1) is 13.8. The van der Waals surface area contributed by atoms with E-state index in [0.717, 1.165) is 0 Å². The SMILES string of the molecule is CCS(=O)(=O)CCNCCS(N)(=O)=O. The summed E-state index contributed by atoms with van der Waals surface area (Å²) in [6.45, 7) is 2.00. The normalized spacial score (nSPS) is 13.0. The van der Waals surface area contributed by atoms with Gasteiger partial charge in [-0.1, -0.05) is 6.92 Å². The molecule has 8 heteroatoms. The third-order valence-corrected chi connectivity index (χ3v) is 4.07. The number of nitrogens with two attached hydrogens (primary N) is 1. The van der Waals surface area contributed by atoms with Gasteiger partial charge in [-0.3, -0.25) is 0 Å². The van der Waals surface area contributed by atoms with Crippen molar-refractivity contribution in [2.45, 2.75) is 6.92 Å². The fourth-order valence-electron chi connectivity index (χ4n) is 0.711. The Balaban J connectivity index is 3.59. The van der Waals surface area contributed by atoms with Gasteiger partial charge >= 0.3 is 0 Å². The highest BCUT2D eigenvalue weighted by Crippen LogP contribution is 1.86. The van der Waals surface area contributed by atoms with Crippen LogP contribution in [0.1, 0.15) is 6.92 Å². The Morgan fingerprint density at radius 1 is 1.07 bits per heavy atom. The van der Waals surface area contributed by atoms with E-state index >= 15 is 0 Å². The number of rotatable bonds is 7. The summed E-state index contributed by atoms with van der Waals surface area (Å²) in [5, 5.41) is 7.44. The van der Waals surface area contributed by atoms with E-state index in [2.05, 4.69) is 5.32 Å². The van der Waals surface area contributed by atoms with Gasteiger partial charge in [-0.05, 0) is 0 Å². The predicted molar refractivity (Wildman–Crippen MR) is 55.2 cm³/mol. The Kier molecular flexibility index (Phi) is 5.57. The van der Waals surface area contributed by atoms with Crippen molar-refractivity contribution in [1.82, 2.24) is 5.32 Å². The van der Waals surface area contributed by atoms with Gasteiger partial charge in [0.25, 0.3) is 0 Å². The molecule has 3 N–H and O–H groups in total. The largest absolute Gasteiger partial charge is 0.315 e. The molecule has 6 nitrogen and oxygen atoms in total. The third-order valence-electron chi connectivity index (χ3n) is 1.59. The molecular formula is C6H16N2O4S2. The first-order chi connectivity index (χ1) is 6.27. The van der Waals surface area contributed by atoms with Crippen molar-refractivity contribution in [1.29, 1.82) is 0 Å². The molecule has 0 aromatic rings. The molecule has 0 amide bonds. The van der Waals surface area contributed by atoms with Crippen molar-refractivity contribution in [3.63, 3.8) is 0 Å². The van der Waals surface area contributed by atoms with E-state index in [1.165, 1.54) is 0 Å². The molecule has 0 saturated heterocycles. The van der Waals surface area contributed by atoms with E-state index in [-0.39, 0.29) is 30.3 Å². The Labute approximate surface area is 84.8 Å².